The summed E-state index contributed by atoms with van der Waals surface area (Å²) in [5.41, 5.74) is 2.01. The molecule has 0 unspecified atom stereocenters. The third kappa shape index (κ3) is 4.94. The van der Waals surface area contributed by atoms with Gasteiger partial charge < -0.3 is 15.1 Å². The van der Waals surface area contributed by atoms with Gasteiger partial charge in [0.1, 0.15) is 10.8 Å². The topological polar surface area (TPSA) is 75.3 Å². The third-order valence-electron chi connectivity index (χ3n) is 3.18. The van der Waals surface area contributed by atoms with E-state index < -0.39 is 0 Å². The van der Waals surface area contributed by atoms with Crippen LogP contribution in [0, 0.1) is 27.7 Å². The molecule has 0 aliphatic carbocycles. The molecule has 0 aliphatic rings. The Morgan fingerprint density at radius 1 is 1.09 bits per heavy atom. The van der Waals surface area contributed by atoms with Crippen LogP contribution in [0.25, 0.3) is 0 Å². The number of oxazole rings is 1. The van der Waals surface area contributed by atoms with Crippen molar-refractivity contribution in [3.05, 3.63) is 32.9 Å². The van der Waals surface area contributed by atoms with Crippen LogP contribution in [-0.2, 0) is 13.1 Å². The normalized spacial score (nSPS) is 11.2. The van der Waals surface area contributed by atoms with Crippen LogP contribution in [-0.4, -0.2) is 23.0 Å². The van der Waals surface area contributed by atoms with E-state index in [4.69, 9.17) is 4.42 Å². The third-order valence-corrected chi connectivity index (χ3v) is 4.26. The minimum atomic E-state index is 0. The van der Waals surface area contributed by atoms with Crippen LogP contribution in [0.1, 0.15) is 32.9 Å². The number of guanidine groups is 1. The Morgan fingerprint density at radius 3 is 2.27 bits per heavy atom. The molecule has 8 heteroatoms. The number of aliphatic imine (C=N–C) groups is 1. The summed E-state index contributed by atoms with van der Waals surface area (Å²) in [6.07, 6.45) is 0. The van der Waals surface area contributed by atoms with Crippen LogP contribution in [0.15, 0.2) is 9.41 Å². The lowest BCUT2D eigenvalue weighted by Crippen LogP contribution is -2.36. The molecule has 0 radical (unpaired) electrons. The fourth-order valence-electron chi connectivity index (χ4n) is 1.77. The number of aromatic nitrogens is 2. The molecule has 0 aromatic carbocycles. The van der Waals surface area contributed by atoms with E-state index in [1.807, 2.05) is 20.8 Å². The van der Waals surface area contributed by atoms with Gasteiger partial charge >= 0.3 is 0 Å². The quantitative estimate of drug-likeness (QED) is 0.439. The van der Waals surface area contributed by atoms with Crippen molar-refractivity contribution in [2.45, 2.75) is 40.8 Å². The Labute approximate surface area is 151 Å². The van der Waals surface area contributed by atoms with Crippen molar-refractivity contribution in [1.82, 2.24) is 20.6 Å². The molecule has 0 atom stereocenters. The van der Waals surface area contributed by atoms with Crippen molar-refractivity contribution in [2.24, 2.45) is 4.99 Å². The van der Waals surface area contributed by atoms with Crippen molar-refractivity contribution in [1.29, 1.82) is 0 Å². The molecule has 0 bridgehead atoms. The van der Waals surface area contributed by atoms with E-state index in [9.17, 15) is 0 Å². The first kappa shape index (κ1) is 18.9. The van der Waals surface area contributed by atoms with E-state index in [0.717, 1.165) is 22.2 Å². The largest absolute Gasteiger partial charge is 0.444 e. The molecule has 2 aromatic rings. The van der Waals surface area contributed by atoms with Gasteiger partial charge in [0.25, 0.3) is 0 Å². The molecular formula is C14H22IN5OS. The summed E-state index contributed by atoms with van der Waals surface area (Å²) in [6.45, 7) is 9.11. The summed E-state index contributed by atoms with van der Waals surface area (Å²) in [5, 5.41) is 7.46. The summed E-state index contributed by atoms with van der Waals surface area (Å²) < 4.78 is 5.52. The van der Waals surface area contributed by atoms with Crippen molar-refractivity contribution in [3.63, 3.8) is 0 Å². The van der Waals surface area contributed by atoms with Crippen LogP contribution in [0.5, 0.6) is 0 Å². The summed E-state index contributed by atoms with van der Waals surface area (Å²) in [6, 6.07) is 0. The molecule has 22 heavy (non-hydrogen) atoms. The maximum absolute atomic E-state index is 5.52. The van der Waals surface area contributed by atoms with Crippen LogP contribution >= 0.6 is 35.3 Å². The molecule has 0 aliphatic heterocycles. The van der Waals surface area contributed by atoms with Gasteiger partial charge in [-0.25, -0.2) is 9.97 Å². The molecule has 6 nitrogen and oxygen atoms in total. The van der Waals surface area contributed by atoms with Gasteiger partial charge in [-0.1, -0.05) is 0 Å². The average Bonchev–Trinajstić information content (AvgIpc) is 2.93. The van der Waals surface area contributed by atoms with Crippen molar-refractivity contribution in [2.75, 3.05) is 7.05 Å². The van der Waals surface area contributed by atoms with E-state index in [1.165, 1.54) is 4.88 Å². The van der Waals surface area contributed by atoms with Crippen molar-refractivity contribution < 1.29 is 4.42 Å². The van der Waals surface area contributed by atoms with Crippen molar-refractivity contribution >= 4 is 41.3 Å². The second-order valence-corrected chi connectivity index (χ2v) is 6.07. The summed E-state index contributed by atoms with van der Waals surface area (Å²) in [7, 11) is 1.74. The van der Waals surface area contributed by atoms with Crippen molar-refractivity contribution in [3.8, 4) is 0 Å². The monoisotopic (exact) mass is 435 g/mol. The number of nitrogens with zero attached hydrogens (tertiary/aromatic N) is 3. The number of aryl methyl sites for hydroxylation is 4. The zero-order valence-corrected chi connectivity index (χ0v) is 16.6. The zero-order chi connectivity index (χ0) is 15.4. The molecular weight excluding hydrogens is 413 g/mol. The predicted octanol–water partition coefficient (Wildman–Crippen LogP) is 2.85. The maximum Gasteiger partial charge on any atom is 0.214 e. The van der Waals surface area contributed by atoms with E-state index in [-0.39, 0.29) is 24.0 Å². The Hall–Kier alpha value is -1.16. The Morgan fingerprint density at radius 2 is 1.77 bits per heavy atom. The fraction of sp³-hybridized carbons (Fsp3) is 0.500. The molecule has 0 amide bonds. The molecule has 2 N–H and O–H groups in total. The minimum Gasteiger partial charge on any atom is -0.444 e. The molecule has 2 aromatic heterocycles. The van der Waals surface area contributed by atoms with Crippen LogP contribution < -0.4 is 10.6 Å². The smallest absolute Gasteiger partial charge is 0.214 e. The minimum absolute atomic E-state index is 0. The zero-order valence-electron chi connectivity index (χ0n) is 13.5. The van der Waals surface area contributed by atoms with Gasteiger partial charge in [-0.3, -0.25) is 4.99 Å². The molecule has 2 heterocycles. The predicted molar refractivity (Wildman–Crippen MR) is 100 cm³/mol. The Bertz CT molecular complexity index is 558. The van der Waals surface area contributed by atoms with E-state index in [2.05, 4.69) is 32.5 Å². The van der Waals surface area contributed by atoms with Gasteiger partial charge in [0, 0.05) is 11.9 Å². The highest BCUT2D eigenvalue weighted by Crippen LogP contribution is 2.15. The van der Waals surface area contributed by atoms with Gasteiger partial charge in [0.15, 0.2) is 5.96 Å². The molecule has 122 valence electrons. The first-order valence-corrected chi connectivity index (χ1v) is 7.61. The second kappa shape index (κ2) is 8.47. The van der Waals surface area contributed by atoms with Crippen LogP contribution in [0.2, 0.25) is 0 Å². The van der Waals surface area contributed by atoms with E-state index in [1.54, 1.807) is 18.4 Å². The SMILES string of the molecule is CN=C(NCc1nc(C)c(C)o1)NCc1nc(C)c(C)s1.I. The highest BCUT2D eigenvalue weighted by Gasteiger charge is 2.07. The summed E-state index contributed by atoms with van der Waals surface area (Å²) >= 11 is 1.70. The van der Waals surface area contributed by atoms with E-state index in [0.29, 0.717) is 24.9 Å². The second-order valence-electron chi connectivity index (χ2n) is 4.78. The molecule has 0 saturated heterocycles. The van der Waals surface area contributed by atoms with E-state index >= 15 is 0 Å². The summed E-state index contributed by atoms with van der Waals surface area (Å²) in [5.74, 6) is 2.21. The molecule has 0 spiro atoms. The summed E-state index contributed by atoms with van der Waals surface area (Å²) in [4.78, 5) is 14.2. The maximum atomic E-state index is 5.52. The first-order chi connectivity index (χ1) is 9.99. The number of hydrogen-bond acceptors (Lipinski definition) is 5. The standard InChI is InChI=1S/C14H21N5OS.HI/c1-8-10(3)20-12(18-8)6-16-14(15-5)17-7-13-19-9(2)11(4)21-13;/h6-7H2,1-5H3,(H2,15,16,17);1H. The van der Waals surface area contributed by atoms with Gasteiger partial charge in [-0.05, 0) is 27.7 Å². The number of hydrogen-bond donors (Lipinski definition) is 2. The highest BCUT2D eigenvalue weighted by molar-refractivity contribution is 14.0. The van der Waals surface area contributed by atoms with Gasteiger partial charge in [-0.2, -0.15) is 0 Å². The Kier molecular flexibility index (Phi) is 7.27. The number of nitrogens with one attached hydrogen (secondary N) is 2. The average molecular weight is 435 g/mol. The molecule has 0 fully saturated rings. The van der Waals surface area contributed by atoms with Crippen LogP contribution in [0.3, 0.4) is 0 Å². The Balaban J connectivity index is 0.00000242. The molecule has 0 saturated carbocycles. The van der Waals surface area contributed by atoms with Gasteiger partial charge in [-0.15, -0.1) is 35.3 Å². The lowest BCUT2D eigenvalue weighted by molar-refractivity contribution is 0.463. The molecule has 2 rings (SSSR count). The number of rotatable bonds is 4. The highest BCUT2D eigenvalue weighted by atomic mass is 127. The van der Waals surface area contributed by atoms with Crippen LogP contribution in [0.4, 0.5) is 0 Å². The first-order valence-electron chi connectivity index (χ1n) is 6.80. The van der Waals surface area contributed by atoms with Gasteiger partial charge in [0.2, 0.25) is 5.89 Å². The van der Waals surface area contributed by atoms with Gasteiger partial charge in [0.05, 0.1) is 24.5 Å². The fourth-order valence-corrected chi connectivity index (χ4v) is 2.64. The lowest BCUT2D eigenvalue weighted by atomic mass is 10.4. The lowest BCUT2D eigenvalue weighted by Gasteiger charge is -2.09. The number of halogens is 1. The number of thiazole rings is 1.